The molecule has 0 saturated heterocycles. The third-order valence-electron chi connectivity index (χ3n) is 5.21. The van der Waals surface area contributed by atoms with Crippen molar-refractivity contribution < 1.29 is 18.6 Å². The quantitative estimate of drug-likeness (QED) is 0.469. The van der Waals surface area contributed by atoms with Crippen LogP contribution in [0, 0.1) is 5.92 Å². The number of aromatic nitrogens is 1. The fourth-order valence-corrected chi connectivity index (χ4v) is 6.09. The SMILES string of the molecule is O=c1c(C2=NS(=O)(=O)c3c(CO)csc3N2)c(O)c2ccccc2n1NCC1CC1. The van der Waals surface area contributed by atoms with E-state index in [1.165, 1.54) is 10.1 Å². The molecule has 2 aliphatic rings. The average Bonchev–Trinajstić information content (AvgIpc) is 3.44. The fourth-order valence-electron chi connectivity index (χ4n) is 3.50. The van der Waals surface area contributed by atoms with Crippen molar-refractivity contribution in [3.8, 4) is 5.75 Å². The van der Waals surface area contributed by atoms with Crippen LogP contribution in [0.1, 0.15) is 24.0 Å². The third-order valence-corrected chi connectivity index (χ3v) is 7.69. The van der Waals surface area contributed by atoms with Gasteiger partial charge in [-0.1, -0.05) is 12.1 Å². The smallest absolute Gasteiger partial charge is 0.287 e. The van der Waals surface area contributed by atoms with Crippen molar-refractivity contribution in [1.82, 2.24) is 4.68 Å². The zero-order valence-corrected chi connectivity index (χ0v) is 17.3. The van der Waals surface area contributed by atoms with Crippen molar-refractivity contribution >= 4 is 43.1 Å². The predicted octanol–water partition coefficient (Wildman–Crippen LogP) is 1.78. The first kappa shape index (κ1) is 19.1. The summed E-state index contributed by atoms with van der Waals surface area (Å²) < 4.78 is 30.6. The largest absolute Gasteiger partial charge is 0.506 e. The number of para-hydroxylation sites is 1. The van der Waals surface area contributed by atoms with Crippen molar-refractivity contribution in [2.75, 3.05) is 17.3 Å². The summed E-state index contributed by atoms with van der Waals surface area (Å²) in [4.78, 5) is 13.2. The molecule has 0 unspecified atom stereocenters. The summed E-state index contributed by atoms with van der Waals surface area (Å²) in [6, 6.07) is 6.84. The van der Waals surface area contributed by atoms with Crippen molar-refractivity contribution in [3.63, 3.8) is 0 Å². The monoisotopic (exact) mass is 446 g/mol. The van der Waals surface area contributed by atoms with Gasteiger partial charge >= 0.3 is 0 Å². The predicted molar refractivity (Wildman–Crippen MR) is 114 cm³/mol. The molecule has 0 spiro atoms. The highest BCUT2D eigenvalue weighted by Crippen LogP contribution is 2.38. The second kappa shape index (κ2) is 6.83. The van der Waals surface area contributed by atoms with E-state index in [0.29, 0.717) is 23.4 Å². The number of nitrogens with one attached hydrogen (secondary N) is 2. The van der Waals surface area contributed by atoms with Crippen LogP contribution in [0.3, 0.4) is 0 Å². The molecule has 1 aromatic carbocycles. The molecule has 3 heterocycles. The van der Waals surface area contributed by atoms with Gasteiger partial charge < -0.3 is 21.0 Å². The van der Waals surface area contributed by atoms with Gasteiger partial charge in [0.1, 0.15) is 21.2 Å². The lowest BCUT2D eigenvalue weighted by Crippen LogP contribution is -2.36. The number of thiophene rings is 1. The summed E-state index contributed by atoms with van der Waals surface area (Å²) in [5.41, 5.74) is 3.00. The molecule has 1 fully saturated rings. The van der Waals surface area contributed by atoms with E-state index in [-0.39, 0.29) is 32.6 Å². The number of fused-ring (bicyclic) bond motifs is 2. The van der Waals surface area contributed by atoms with Crippen LogP contribution in [0.15, 0.2) is 43.7 Å². The Morgan fingerprint density at radius 3 is 2.80 bits per heavy atom. The summed E-state index contributed by atoms with van der Waals surface area (Å²) in [6.07, 6.45) is 2.18. The van der Waals surface area contributed by atoms with Gasteiger partial charge in [-0.15, -0.1) is 15.7 Å². The van der Waals surface area contributed by atoms with E-state index in [4.69, 9.17) is 0 Å². The summed E-state index contributed by atoms with van der Waals surface area (Å²) in [5, 5.41) is 25.3. The van der Waals surface area contributed by atoms with Crippen LogP contribution < -0.4 is 16.3 Å². The molecule has 9 nitrogen and oxygen atoms in total. The Kier molecular flexibility index (Phi) is 4.34. The molecule has 0 radical (unpaired) electrons. The Morgan fingerprint density at radius 1 is 1.30 bits per heavy atom. The first-order valence-corrected chi connectivity index (χ1v) is 11.7. The number of benzene rings is 1. The van der Waals surface area contributed by atoms with Gasteiger partial charge in [0.25, 0.3) is 15.6 Å². The first-order valence-electron chi connectivity index (χ1n) is 9.35. The number of aliphatic hydroxyl groups is 1. The summed E-state index contributed by atoms with van der Waals surface area (Å²) in [5.74, 6) is -0.100. The maximum atomic E-state index is 13.3. The number of anilines is 1. The zero-order chi connectivity index (χ0) is 21.0. The molecule has 11 heteroatoms. The minimum absolute atomic E-state index is 0.105. The number of hydrogen-bond donors (Lipinski definition) is 4. The van der Waals surface area contributed by atoms with Crippen molar-refractivity contribution in [2.45, 2.75) is 24.3 Å². The van der Waals surface area contributed by atoms with Crippen LogP contribution in [-0.4, -0.2) is 35.7 Å². The van der Waals surface area contributed by atoms with Crippen LogP contribution in [0.4, 0.5) is 5.00 Å². The van der Waals surface area contributed by atoms with Gasteiger partial charge in [0.15, 0.2) is 5.84 Å². The molecular formula is C19H18N4O5S2. The van der Waals surface area contributed by atoms with Crippen molar-refractivity contribution in [2.24, 2.45) is 10.3 Å². The maximum Gasteiger partial charge on any atom is 0.287 e. The maximum absolute atomic E-state index is 13.3. The van der Waals surface area contributed by atoms with E-state index in [2.05, 4.69) is 15.1 Å². The second-order valence-corrected chi connectivity index (χ2v) is 9.72. The Bertz CT molecular complexity index is 1370. The van der Waals surface area contributed by atoms with Crippen LogP contribution in [0.25, 0.3) is 10.9 Å². The van der Waals surface area contributed by atoms with Gasteiger partial charge in [-0.25, -0.2) is 4.68 Å². The fraction of sp³-hybridized carbons (Fsp3) is 0.263. The van der Waals surface area contributed by atoms with E-state index in [1.807, 2.05) is 0 Å². The number of aliphatic hydroxyl groups excluding tert-OH is 1. The number of amidine groups is 1. The molecule has 0 atom stereocenters. The highest BCUT2D eigenvalue weighted by atomic mass is 32.2. The van der Waals surface area contributed by atoms with E-state index >= 15 is 0 Å². The third kappa shape index (κ3) is 2.97. The van der Waals surface area contributed by atoms with E-state index < -0.39 is 22.2 Å². The van der Waals surface area contributed by atoms with E-state index in [1.54, 1.807) is 24.3 Å². The Hall–Kier alpha value is -2.89. The Morgan fingerprint density at radius 2 is 2.07 bits per heavy atom. The standard InChI is InChI=1S/C19H18N4O5S2/c24-8-11-9-29-18-16(11)30(27,28)22-17(21-18)14-15(25)12-3-1-2-4-13(12)23(19(14)26)20-7-10-5-6-10/h1-4,9-10,20,24-25H,5-8H2,(H,21,22). The second-order valence-electron chi connectivity index (χ2n) is 7.30. The summed E-state index contributed by atoms with van der Waals surface area (Å²) >= 11 is 1.08. The number of hydrogen-bond acceptors (Lipinski definition) is 8. The van der Waals surface area contributed by atoms with Crippen LogP contribution >= 0.6 is 11.3 Å². The molecule has 1 aliphatic carbocycles. The van der Waals surface area contributed by atoms with Gasteiger partial charge in [0.2, 0.25) is 0 Å². The van der Waals surface area contributed by atoms with Gasteiger partial charge in [-0.3, -0.25) is 4.79 Å². The van der Waals surface area contributed by atoms with Gasteiger partial charge in [-0.2, -0.15) is 8.42 Å². The number of pyridine rings is 1. The minimum Gasteiger partial charge on any atom is -0.506 e. The number of aromatic hydroxyl groups is 1. The first-order chi connectivity index (χ1) is 14.4. The molecule has 1 saturated carbocycles. The van der Waals surface area contributed by atoms with Gasteiger partial charge in [0.05, 0.1) is 12.1 Å². The molecule has 156 valence electrons. The molecule has 1 aliphatic heterocycles. The molecule has 2 aromatic heterocycles. The molecule has 0 amide bonds. The van der Waals surface area contributed by atoms with Crippen LogP contribution in [-0.2, 0) is 16.6 Å². The average molecular weight is 447 g/mol. The van der Waals surface area contributed by atoms with Crippen LogP contribution in [0.2, 0.25) is 0 Å². The normalized spacial score (nSPS) is 17.3. The lowest BCUT2D eigenvalue weighted by molar-refractivity contribution is 0.279. The topological polar surface area (TPSA) is 133 Å². The number of nitrogens with zero attached hydrogens (tertiary/aromatic N) is 2. The molecule has 0 bridgehead atoms. The highest BCUT2D eigenvalue weighted by Gasteiger charge is 2.33. The number of sulfonamides is 1. The Labute approximate surface area is 175 Å². The molecule has 4 N–H and O–H groups in total. The van der Waals surface area contributed by atoms with Crippen molar-refractivity contribution in [3.05, 3.63) is 51.1 Å². The summed E-state index contributed by atoms with van der Waals surface area (Å²) in [6.45, 7) is 0.151. The van der Waals surface area contributed by atoms with Gasteiger partial charge in [0, 0.05) is 17.5 Å². The zero-order valence-electron chi connectivity index (χ0n) is 15.6. The van der Waals surface area contributed by atoms with Gasteiger partial charge in [-0.05, 0) is 36.3 Å². The molecule has 5 rings (SSSR count). The highest BCUT2D eigenvalue weighted by molar-refractivity contribution is 7.90. The van der Waals surface area contributed by atoms with Crippen molar-refractivity contribution in [1.29, 1.82) is 0 Å². The Balaban J connectivity index is 1.71. The van der Waals surface area contributed by atoms with E-state index in [0.717, 1.165) is 24.2 Å². The molecule has 30 heavy (non-hydrogen) atoms. The molecule has 3 aromatic rings. The lowest BCUT2D eigenvalue weighted by atomic mass is 10.1. The number of rotatable bonds is 5. The molecular weight excluding hydrogens is 428 g/mol. The van der Waals surface area contributed by atoms with Crippen LogP contribution in [0.5, 0.6) is 5.75 Å². The minimum atomic E-state index is -4.16. The summed E-state index contributed by atoms with van der Waals surface area (Å²) in [7, 11) is -4.16. The van der Waals surface area contributed by atoms with E-state index in [9.17, 15) is 23.4 Å². The lowest BCUT2D eigenvalue weighted by Gasteiger charge is -2.20.